The average Bonchev–Trinajstić information content (AvgIpc) is 3.33. The first kappa shape index (κ1) is 21.6. The smallest absolute Gasteiger partial charge is 0.242 e. The topological polar surface area (TPSA) is 49.4 Å². The van der Waals surface area contributed by atoms with Crippen LogP contribution in [0, 0.1) is 5.92 Å². The molecule has 1 aliphatic heterocycles. The minimum atomic E-state index is -0.316. The Morgan fingerprint density at radius 3 is 2.06 bits per heavy atom. The van der Waals surface area contributed by atoms with Crippen molar-refractivity contribution in [2.45, 2.75) is 63.3 Å². The lowest BCUT2D eigenvalue weighted by Crippen LogP contribution is -2.47. The predicted octanol–water partition coefficient (Wildman–Crippen LogP) is 4.90. The molecule has 1 unspecified atom stereocenters. The molecule has 31 heavy (non-hydrogen) atoms. The van der Waals surface area contributed by atoms with Gasteiger partial charge in [0.15, 0.2) is 0 Å². The monoisotopic (exact) mass is 418 g/mol. The Balaban J connectivity index is 1.42. The van der Waals surface area contributed by atoms with E-state index in [1.165, 1.54) is 32.1 Å². The number of nitrogens with one attached hydrogen (secondary N) is 1. The molecule has 1 N–H and O–H groups in total. The number of hydrogen-bond acceptors (Lipinski definition) is 2. The molecular weight excluding hydrogens is 384 g/mol. The molecule has 2 aromatic carbocycles. The summed E-state index contributed by atoms with van der Waals surface area (Å²) in [6, 6.07) is 20.1. The number of likely N-dealkylation sites (tertiary alicyclic amines) is 1. The highest BCUT2D eigenvalue weighted by Gasteiger charge is 2.35. The highest BCUT2D eigenvalue weighted by molar-refractivity contribution is 5.88. The van der Waals surface area contributed by atoms with Gasteiger partial charge in [-0.2, -0.15) is 0 Å². The molecule has 0 aromatic heterocycles. The molecule has 1 heterocycles. The van der Waals surface area contributed by atoms with E-state index in [0.717, 1.165) is 30.5 Å². The van der Waals surface area contributed by atoms with Crippen LogP contribution in [0.15, 0.2) is 60.7 Å². The molecule has 4 nitrogen and oxygen atoms in total. The largest absolute Gasteiger partial charge is 0.354 e. The van der Waals surface area contributed by atoms with Crippen molar-refractivity contribution in [1.82, 2.24) is 10.2 Å². The first-order chi connectivity index (χ1) is 15.2. The second-order valence-electron chi connectivity index (χ2n) is 9.07. The van der Waals surface area contributed by atoms with E-state index in [1.807, 2.05) is 41.3 Å². The van der Waals surface area contributed by atoms with Gasteiger partial charge in [0, 0.05) is 25.4 Å². The van der Waals surface area contributed by atoms with Crippen molar-refractivity contribution in [2.75, 3.05) is 13.1 Å². The van der Waals surface area contributed by atoms with E-state index >= 15 is 0 Å². The second-order valence-corrected chi connectivity index (χ2v) is 9.07. The SMILES string of the molecule is O=C(NCC1CCCCC1)C1CCCN1C(=O)CC(c1ccccc1)c1ccccc1. The van der Waals surface area contributed by atoms with E-state index in [2.05, 4.69) is 29.6 Å². The molecule has 0 radical (unpaired) electrons. The first-order valence-corrected chi connectivity index (χ1v) is 11.9. The Labute approximate surface area is 186 Å². The summed E-state index contributed by atoms with van der Waals surface area (Å²) in [6.07, 6.45) is 8.34. The maximum absolute atomic E-state index is 13.4. The van der Waals surface area contributed by atoms with Crippen molar-refractivity contribution in [2.24, 2.45) is 5.92 Å². The average molecular weight is 419 g/mol. The summed E-state index contributed by atoms with van der Waals surface area (Å²) in [7, 11) is 0. The first-order valence-electron chi connectivity index (χ1n) is 11.9. The number of rotatable bonds is 7. The van der Waals surface area contributed by atoms with Crippen LogP contribution in [-0.2, 0) is 9.59 Å². The zero-order chi connectivity index (χ0) is 21.5. The van der Waals surface area contributed by atoms with Gasteiger partial charge in [-0.15, -0.1) is 0 Å². The van der Waals surface area contributed by atoms with Crippen molar-refractivity contribution in [1.29, 1.82) is 0 Å². The normalized spacial score (nSPS) is 19.5. The Morgan fingerprint density at radius 2 is 1.45 bits per heavy atom. The lowest BCUT2D eigenvalue weighted by Gasteiger charge is -2.28. The van der Waals surface area contributed by atoms with E-state index < -0.39 is 0 Å². The number of carbonyl (C=O) groups is 2. The maximum atomic E-state index is 13.4. The number of amides is 2. The summed E-state index contributed by atoms with van der Waals surface area (Å²) in [6.45, 7) is 1.44. The van der Waals surface area contributed by atoms with Gasteiger partial charge in [-0.25, -0.2) is 0 Å². The van der Waals surface area contributed by atoms with E-state index in [1.54, 1.807) is 0 Å². The summed E-state index contributed by atoms with van der Waals surface area (Å²) >= 11 is 0. The Morgan fingerprint density at radius 1 is 0.839 bits per heavy atom. The summed E-state index contributed by atoms with van der Waals surface area (Å²) < 4.78 is 0. The predicted molar refractivity (Wildman–Crippen MR) is 124 cm³/mol. The van der Waals surface area contributed by atoms with Crippen LogP contribution in [0.5, 0.6) is 0 Å². The molecule has 2 aliphatic rings. The lowest BCUT2D eigenvalue weighted by atomic mass is 9.88. The molecule has 164 valence electrons. The molecule has 4 rings (SSSR count). The highest BCUT2D eigenvalue weighted by atomic mass is 16.2. The van der Waals surface area contributed by atoms with Crippen molar-refractivity contribution in [3.8, 4) is 0 Å². The van der Waals surface area contributed by atoms with Gasteiger partial charge in [0.1, 0.15) is 6.04 Å². The Bertz CT molecular complexity index is 807. The van der Waals surface area contributed by atoms with Crippen LogP contribution in [0.1, 0.15) is 68.4 Å². The van der Waals surface area contributed by atoms with Crippen LogP contribution in [0.3, 0.4) is 0 Å². The van der Waals surface area contributed by atoms with Gasteiger partial charge in [0.05, 0.1) is 0 Å². The maximum Gasteiger partial charge on any atom is 0.242 e. The van der Waals surface area contributed by atoms with Gasteiger partial charge in [0.2, 0.25) is 11.8 Å². The molecule has 1 saturated carbocycles. The quantitative estimate of drug-likeness (QED) is 0.695. The van der Waals surface area contributed by atoms with Gasteiger partial charge in [-0.05, 0) is 42.7 Å². The number of nitrogens with zero attached hydrogens (tertiary/aromatic N) is 1. The minimum absolute atomic E-state index is 0.00134. The lowest BCUT2D eigenvalue weighted by molar-refractivity contribution is -0.138. The molecule has 0 bridgehead atoms. The number of hydrogen-bond donors (Lipinski definition) is 1. The standard InChI is InChI=1S/C27H34N2O2/c30-26(19-24(22-13-6-2-7-14-22)23-15-8-3-9-16-23)29-18-10-17-25(29)27(31)28-20-21-11-4-1-5-12-21/h2-3,6-9,13-16,21,24-25H,1,4-5,10-12,17-20H2,(H,28,31). The van der Waals surface area contributed by atoms with E-state index in [0.29, 0.717) is 18.9 Å². The van der Waals surface area contributed by atoms with Crippen LogP contribution in [-0.4, -0.2) is 35.8 Å². The molecule has 2 amide bonds. The second kappa shape index (κ2) is 10.6. The number of carbonyl (C=O) groups excluding carboxylic acids is 2. The third-order valence-corrected chi connectivity index (χ3v) is 6.95. The minimum Gasteiger partial charge on any atom is -0.354 e. The van der Waals surface area contributed by atoms with Gasteiger partial charge < -0.3 is 10.2 Å². The fraction of sp³-hybridized carbons (Fsp3) is 0.481. The summed E-state index contributed by atoms with van der Waals surface area (Å²) in [5, 5.41) is 3.16. The summed E-state index contributed by atoms with van der Waals surface area (Å²) in [4.78, 5) is 28.1. The molecule has 2 aromatic rings. The van der Waals surface area contributed by atoms with Gasteiger partial charge >= 0.3 is 0 Å². The zero-order valence-electron chi connectivity index (χ0n) is 18.3. The van der Waals surface area contributed by atoms with Gasteiger partial charge in [-0.3, -0.25) is 9.59 Å². The summed E-state index contributed by atoms with van der Waals surface area (Å²) in [5.41, 5.74) is 2.28. The van der Waals surface area contributed by atoms with Crippen molar-refractivity contribution in [3.63, 3.8) is 0 Å². The van der Waals surface area contributed by atoms with E-state index in [4.69, 9.17) is 0 Å². The van der Waals surface area contributed by atoms with Crippen LogP contribution < -0.4 is 5.32 Å². The number of benzene rings is 2. The van der Waals surface area contributed by atoms with Crippen LogP contribution in [0.2, 0.25) is 0 Å². The Kier molecular flexibility index (Phi) is 7.39. The fourth-order valence-corrected chi connectivity index (χ4v) is 5.18. The third kappa shape index (κ3) is 5.55. The molecule has 1 atom stereocenters. The van der Waals surface area contributed by atoms with Crippen LogP contribution in [0.25, 0.3) is 0 Å². The third-order valence-electron chi connectivity index (χ3n) is 6.95. The van der Waals surface area contributed by atoms with Crippen molar-refractivity contribution in [3.05, 3.63) is 71.8 Å². The van der Waals surface area contributed by atoms with E-state index in [9.17, 15) is 9.59 Å². The fourth-order valence-electron chi connectivity index (χ4n) is 5.18. The van der Waals surface area contributed by atoms with Gasteiger partial charge in [0.25, 0.3) is 0 Å². The summed E-state index contributed by atoms with van der Waals surface area (Å²) in [5.74, 6) is 0.714. The Hall–Kier alpha value is -2.62. The van der Waals surface area contributed by atoms with Crippen molar-refractivity contribution >= 4 is 11.8 Å². The molecule has 4 heteroatoms. The van der Waals surface area contributed by atoms with Crippen LogP contribution in [0.4, 0.5) is 0 Å². The molecule has 1 saturated heterocycles. The molecule has 0 spiro atoms. The molecule has 2 fully saturated rings. The molecule has 1 aliphatic carbocycles. The van der Waals surface area contributed by atoms with Crippen molar-refractivity contribution < 1.29 is 9.59 Å². The van der Waals surface area contributed by atoms with Crippen LogP contribution >= 0.6 is 0 Å². The van der Waals surface area contributed by atoms with Gasteiger partial charge in [-0.1, -0.05) is 79.9 Å². The highest BCUT2D eigenvalue weighted by Crippen LogP contribution is 2.30. The van der Waals surface area contributed by atoms with E-state index in [-0.39, 0.29) is 23.8 Å². The molecular formula is C27H34N2O2. The zero-order valence-corrected chi connectivity index (χ0v) is 18.3.